The van der Waals surface area contributed by atoms with Crippen LogP contribution >= 0.6 is 0 Å². The number of methoxy groups -OCH3 is 2. The number of aromatic amines is 1. The number of H-pyrrole nitrogens is 1. The predicted octanol–water partition coefficient (Wildman–Crippen LogP) is 6.36. The molecule has 2 N–H and O–H groups in total. The Morgan fingerprint density at radius 1 is 0.957 bits per heavy atom. The second-order valence-corrected chi connectivity index (χ2v) is 12.5. The third-order valence-corrected chi connectivity index (χ3v) is 8.91. The Morgan fingerprint density at radius 3 is 2.28 bits per heavy atom. The number of aromatic nitrogens is 2. The third kappa shape index (κ3) is 5.17. The number of rotatable bonds is 8. The van der Waals surface area contributed by atoms with E-state index in [2.05, 4.69) is 10.3 Å². The Kier molecular flexibility index (Phi) is 7.64. The van der Waals surface area contributed by atoms with E-state index in [9.17, 15) is 22.0 Å². The highest BCUT2D eigenvalue weighted by molar-refractivity contribution is 7.92. The fourth-order valence-corrected chi connectivity index (χ4v) is 5.85. The first-order chi connectivity index (χ1) is 21.9. The van der Waals surface area contributed by atoms with Gasteiger partial charge in [-0.3, -0.25) is 9.10 Å². The van der Waals surface area contributed by atoms with Gasteiger partial charge in [0.15, 0.2) is 0 Å². The number of amides is 1. The zero-order valence-corrected chi connectivity index (χ0v) is 26.2. The zero-order chi connectivity index (χ0) is 32.9. The minimum absolute atomic E-state index is 0.151. The molecule has 0 radical (unpaired) electrons. The highest BCUT2D eigenvalue weighted by Crippen LogP contribution is 2.45. The summed E-state index contributed by atoms with van der Waals surface area (Å²) in [7, 11) is 1.90. The van der Waals surface area contributed by atoms with Crippen molar-refractivity contribution in [1.29, 1.82) is 0 Å². The monoisotopic (exact) mass is 646 g/mol. The van der Waals surface area contributed by atoms with Crippen molar-refractivity contribution in [2.45, 2.75) is 0 Å². The predicted molar refractivity (Wildman–Crippen MR) is 172 cm³/mol. The lowest BCUT2D eigenvalue weighted by Gasteiger charge is -2.22. The second-order valence-electron chi connectivity index (χ2n) is 10.5. The summed E-state index contributed by atoms with van der Waals surface area (Å²) in [6.45, 7) is 0. The van der Waals surface area contributed by atoms with E-state index in [1.165, 1.54) is 64.7 Å². The fraction of sp³-hybridized carbons (Fsp3) is 0.152. The maximum Gasteiger partial charge on any atom is 0.255 e. The molecule has 0 aliphatic heterocycles. The van der Waals surface area contributed by atoms with Crippen molar-refractivity contribution in [3.8, 4) is 45.5 Å². The molecule has 6 aromatic rings. The molecule has 3 aromatic heterocycles. The molecule has 1 amide bonds. The summed E-state index contributed by atoms with van der Waals surface area (Å²) in [5, 5.41) is 3.30. The van der Waals surface area contributed by atoms with Gasteiger partial charge in [-0.1, -0.05) is 6.07 Å². The summed E-state index contributed by atoms with van der Waals surface area (Å²) in [4.78, 5) is 21.3. The van der Waals surface area contributed by atoms with E-state index in [1.54, 1.807) is 30.3 Å². The Balaban J connectivity index is 1.69. The van der Waals surface area contributed by atoms with E-state index in [4.69, 9.17) is 18.9 Å². The van der Waals surface area contributed by atoms with Gasteiger partial charge in [0.1, 0.15) is 45.9 Å². The van der Waals surface area contributed by atoms with Gasteiger partial charge >= 0.3 is 0 Å². The SMILES string of the molecule is CNC(=O)c1c(-c2ccc(F)cc2)oc2cc(N(C)S(C)(=O)=O)c(-c3nc(-c4cc5c(F)cccc5[nH]4)c(OC)cc3OC)cc12. The van der Waals surface area contributed by atoms with Crippen LogP contribution in [0.3, 0.4) is 0 Å². The lowest BCUT2D eigenvalue weighted by atomic mass is 10.00. The smallest absolute Gasteiger partial charge is 0.255 e. The molecular weight excluding hydrogens is 618 g/mol. The number of benzene rings is 3. The van der Waals surface area contributed by atoms with Crippen molar-refractivity contribution in [3.63, 3.8) is 0 Å². The molecule has 0 saturated heterocycles. The molecular formula is C33H28F2N4O6S. The lowest BCUT2D eigenvalue weighted by molar-refractivity contribution is 0.0964. The Bertz CT molecular complexity index is 2260. The number of halogens is 2. The van der Waals surface area contributed by atoms with Crippen LogP contribution in [-0.2, 0) is 10.0 Å². The summed E-state index contributed by atoms with van der Waals surface area (Å²) >= 11 is 0. The number of ether oxygens (including phenoxy) is 2. The van der Waals surface area contributed by atoms with Crippen LogP contribution in [0.2, 0.25) is 0 Å². The highest BCUT2D eigenvalue weighted by atomic mass is 32.2. The van der Waals surface area contributed by atoms with E-state index >= 15 is 0 Å². The standard InChI is InChI=1S/C33H28F2N4O6S/c1-36-33(40)29-21-13-20(25(39(2)46(5,41)42)15-26(21)45-32(29)17-9-11-18(34)12-10-17)30-27(43-3)16-28(44-4)31(38-30)24-14-19-22(35)7-6-8-23(19)37-24/h6-16,37H,1-5H3,(H,36,40). The van der Waals surface area contributed by atoms with Crippen molar-refractivity contribution in [2.24, 2.45) is 0 Å². The number of anilines is 1. The van der Waals surface area contributed by atoms with Crippen LogP contribution in [0.1, 0.15) is 10.4 Å². The molecule has 0 bridgehead atoms. The van der Waals surface area contributed by atoms with Crippen LogP contribution in [0, 0.1) is 11.6 Å². The van der Waals surface area contributed by atoms with Gasteiger partial charge in [-0.15, -0.1) is 0 Å². The van der Waals surface area contributed by atoms with Crippen LogP contribution < -0.4 is 19.1 Å². The third-order valence-electron chi connectivity index (χ3n) is 7.72. The molecule has 0 saturated carbocycles. The molecule has 0 aliphatic rings. The Labute approximate surface area is 262 Å². The average molecular weight is 647 g/mol. The molecule has 0 atom stereocenters. The van der Waals surface area contributed by atoms with E-state index < -0.39 is 27.6 Å². The summed E-state index contributed by atoms with van der Waals surface area (Å²) in [5.41, 5.74) is 2.71. The molecule has 46 heavy (non-hydrogen) atoms. The fourth-order valence-electron chi connectivity index (χ4n) is 5.34. The molecule has 3 aromatic carbocycles. The molecule has 0 spiro atoms. The van der Waals surface area contributed by atoms with Crippen LogP contribution in [0.4, 0.5) is 14.5 Å². The molecule has 236 valence electrons. The van der Waals surface area contributed by atoms with Crippen LogP contribution in [-0.4, -0.2) is 58.9 Å². The quantitative estimate of drug-likeness (QED) is 0.197. The molecule has 0 aliphatic carbocycles. The van der Waals surface area contributed by atoms with Gasteiger partial charge in [0.05, 0.1) is 37.4 Å². The Hall–Kier alpha value is -5.43. The summed E-state index contributed by atoms with van der Waals surface area (Å²) in [6, 6.07) is 16.4. The minimum Gasteiger partial charge on any atom is -0.494 e. The maximum absolute atomic E-state index is 14.6. The van der Waals surface area contributed by atoms with Crippen molar-refractivity contribution in [2.75, 3.05) is 38.9 Å². The normalized spacial score (nSPS) is 11.6. The van der Waals surface area contributed by atoms with Crippen molar-refractivity contribution < 1.29 is 35.9 Å². The largest absolute Gasteiger partial charge is 0.494 e. The maximum atomic E-state index is 14.6. The van der Waals surface area contributed by atoms with Gasteiger partial charge in [0, 0.05) is 53.6 Å². The van der Waals surface area contributed by atoms with Crippen molar-refractivity contribution in [1.82, 2.24) is 15.3 Å². The van der Waals surface area contributed by atoms with Crippen LogP contribution in [0.25, 0.3) is 55.8 Å². The molecule has 13 heteroatoms. The summed E-state index contributed by atoms with van der Waals surface area (Å²) < 4.78 is 72.7. The number of sulfonamides is 1. The highest BCUT2D eigenvalue weighted by Gasteiger charge is 2.28. The molecule has 10 nitrogen and oxygen atoms in total. The van der Waals surface area contributed by atoms with Gasteiger partial charge in [-0.25, -0.2) is 22.2 Å². The number of hydrogen-bond donors (Lipinski definition) is 2. The van der Waals surface area contributed by atoms with Gasteiger partial charge in [0.25, 0.3) is 5.91 Å². The van der Waals surface area contributed by atoms with E-state index in [0.29, 0.717) is 39.0 Å². The zero-order valence-electron chi connectivity index (χ0n) is 25.4. The first kappa shape index (κ1) is 30.6. The first-order valence-electron chi connectivity index (χ1n) is 13.9. The second kappa shape index (κ2) is 11.5. The number of furan rings is 1. The van der Waals surface area contributed by atoms with Crippen molar-refractivity contribution >= 4 is 43.5 Å². The topological polar surface area (TPSA) is 127 Å². The van der Waals surface area contributed by atoms with E-state index in [1.807, 2.05) is 0 Å². The summed E-state index contributed by atoms with van der Waals surface area (Å²) in [6.07, 6.45) is 1.05. The van der Waals surface area contributed by atoms with E-state index in [-0.39, 0.29) is 39.6 Å². The van der Waals surface area contributed by atoms with Crippen LogP contribution in [0.15, 0.2) is 71.1 Å². The van der Waals surface area contributed by atoms with E-state index in [0.717, 1.165) is 10.6 Å². The number of hydrogen-bond acceptors (Lipinski definition) is 7. The molecule has 6 rings (SSSR count). The minimum atomic E-state index is -3.82. The lowest BCUT2D eigenvalue weighted by Crippen LogP contribution is -2.25. The number of nitrogens with zero attached hydrogens (tertiary/aromatic N) is 2. The van der Waals surface area contributed by atoms with Crippen molar-refractivity contribution in [3.05, 3.63) is 83.9 Å². The first-order valence-corrected chi connectivity index (χ1v) is 15.7. The van der Waals surface area contributed by atoms with Crippen LogP contribution in [0.5, 0.6) is 11.5 Å². The van der Waals surface area contributed by atoms with Gasteiger partial charge in [-0.05, 0) is 48.5 Å². The number of nitrogens with one attached hydrogen (secondary N) is 2. The number of pyridine rings is 1. The van der Waals surface area contributed by atoms with Gasteiger partial charge < -0.3 is 24.2 Å². The molecule has 0 unspecified atom stereocenters. The number of carbonyl (C=O) groups is 1. The summed E-state index contributed by atoms with van der Waals surface area (Å²) in [5.74, 6) is -0.673. The number of fused-ring (bicyclic) bond motifs is 2. The van der Waals surface area contributed by atoms with Gasteiger partial charge in [-0.2, -0.15) is 0 Å². The molecule has 0 fully saturated rings. The Morgan fingerprint density at radius 2 is 1.65 bits per heavy atom. The average Bonchev–Trinajstić information content (AvgIpc) is 3.65. The van der Waals surface area contributed by atoms with Gasteiger partial charge in [0.2, 0.25) is 10.0 Å². The number of carbonyl (C=O) groups excluding carboxylic acids is 1. The molecule has 3 heterocycles.